The van der Waals surface area contributed by atoms with E-state index in [0.717, 1.165) is 40.0 Å². The number of rotatable bonds is 4. The van der Waals surface area contributed by atoms with E-state index in [-0.39, 0.29) is 18.0 Å². The van der Waals surface area contributed by atoms with E-state index in [1.165, 1.54) is 12.8 Å². The van der Waals surface area contributed by atoms with Crippen LogP contribution in [0.2, 0.25) is 0 Å². The summed E-state index contributed by atoms with van der Waals surface area (Å²) in [6, 6.07) is 15.2. The smallest absolute Gasteiger partial charge is 0.224 e. The molecule has 3 N–H and O–H groups in total. The fourth-order valence-corrected chi connectivity index (χ4v) is 4.69. The van der Waals surface area contributed by atoms with Gasteiger partial charge in [-0.15, -0.1) is 0 Å². The summed E-state index contributed by atoms with van der Waals surface area (Å²) in [5, 5.41) is 8.25. The van der Waals surface area contributed by atoms with Gasteiger partial charge in [0, 0.05) is 41.7 Å². The Bertz CT molecular complexity index is 1230. The Balaban J connectivity index is 1.48. The van der Waals surface area contributed by atoms with Crippen LogP contribution in [0.1, 0.15) is 56.3 Å². The number of anilines is 2. The Hall–Kier alpha value is -3.56. The van der Waals surface area contributed by atoms with Crippen LogP contribution in [0.5, 0.6) is 0 Å². The number of carbonyl (C=O) groups is 1. The van der Waals surface area contributed by atoms with Crippen molar-refractivity contribution in [1.29, 1.82) is 0 Å². The highest BCUT2D eigenvalue weighted by atomic mass is 16.2. The second-order valence-electron chi connectivity index (χ2n) is 8.97. The largest absolute Gasteiger partial charge is 0.378 e. The van der Waals surface area contributed by atoms with Gasteiger partial charge in [0.05, 0.1) is 24.8 Å². The van der Waals surface area contributed by atoms with Gasteiger partial charge in [0.2, 0.25) is 5.91 Å². The van der Waals surface area contributed by atoms with Crippen LogP contribution in [0.15, 0.2) is 54.9 Å². The molecule has 1 fully saturated rings. The zero-order valence-electron chi connectivity index (χ0n) is 19.1. The van der Waals surface area contributed by atoms with Crippen molar-refractivity contribution in [3.8, 4) is 23.0 Å². The van der Waals surface area contributed by atoms with Gasteiger partial charge in [-0.3, -0.25) is 9.48 Å². The van der Waals surface area contributed by atoms with Crippen molar-refractivity contribution >= 4 is 17.3 Å². The standard InChI is InChI=1S/C27H29N5O/c1-18-14-26(30-23-8-5-20(6-9-23)4-3-13-28)25-15-21(7-12-27(25)32(18)19(2)33)22-16-29-31(17-22)24-10-11-24/h5-9,12,15-18,24,26,30H,10-11,13-14,28H2,1-2H3/t18-,26+/m0/s1. The number of amides is 1. The predicted molar refractivity (Wildman–Crippen MR) is 132 cm³/mol. The van der Waals surface area contributed by atoms with Crippen LogP contribution >= 0.6 is 0 Å². The molecule has 6 heteroatoms. The highest BCUT2D eigenvalue weighted by Gasteiger charge is 2.33. The molecule has 168 valence electrons. The second kappa shape index (κ2) is 8.76. The van der Waals surface area contributed by atoms with E-state index < -0.39 is 0 Å². The summed E-state index contributed by atoms with van der Waals surface area (Å²) < 4.78 is 2.07. The predicted octanol–water partition coefficient (Wildman–Crippen LogP) is 4.49. The normalized spacial score (nSPS) is 19.4. The average Bonchev–Trinajstić information content (AvgIpc) is 3.54. The molecular weight excluding hydrogens is 410 g/mol. The molecule has 2 heterocycles. The summed E-state index contributed by atoms with van der Waals surface area (Å²) in [6.07, 6.45) is 7.32. The quantitative estimate of drug-likeness (QED) is 0.587. The van der Waals surface area contributed by atoms with E-state index in [9.17, 15) is 4.79 Å². The lowest BCUT2D eigenvalue weighted by atomic mass is 9.89. The number of fused-ring (bicyclic) bond motifs is 1. The summed E-state index contributed by atoms with van der Waals surface area (Å²) in [4.78, 5) is 14.4. The molecule has 1 aromatic heterocycles. The lowest BCUT2D eigenvalue weighted by Crippen LogP contribution is -2.43. The van der Waals surface area contributed by atoms with Gasteiger partial charge < -0.3 is 16.0 Å². The van der Waals surface area contributed by atoms with Crippen LogP contribution in [-0.2, 0) is 4.79 Å². The maximum absolute atomic E-state index is 12.5. The van der Waals surface area contributed by atoms with Gasteiger partial charge in [-0.05, 0) is 73.7 Å². The second-order valence-corrected chi connectivity index (χ2v) is 8.97. The Morgan fingerprint density at radius 3 is 2.67 bits per heavy atom. The van der Waals surface area contributed by atoms with Gasteiger partial charge in [0.25, 0.3) is 0 Å². The monoisotopic (exact) mass is 439 g/mol. The molecule has 33 heavy (non-hydrogen) atoms. The van der Waals surface area contributed by atoms with Gasteiger partial charge >= 0.3 is 0 Å². The number of hydrogen-bond acceptors (Lipinski definition) is 4. The first-order chi connectivity index (χ1) is 16.0. The molecule has 3 aromatic rings. The number of carbonyl (C=O) groups excluding carboxylic acids is 1. The molecule has 5 rings (SSSR count). The average molecular weight is 440 g/mol. The maximum atomic E-state index is 12.5. The van der Waals surface area contributed by atoms with Crippen molar-refractivity contribution < 1.29 is 4.79 Å². The van der Waals surface area contributed by atoms with E-state index in [2.05, 4.69) is 58.3 Å². The van der Waals surface area contributed by atoms with Crippen LogP contribution < -0.4 is 16.0 Å². The number of nitrogens with two attached hydrogens (primary N) is 1. The summed E-state index contributed by atoms with van der Waals surface area (Å²) in [5.74, 6) is 6.02. The molecule has 1 amide bonds. The highest BCUT2D eigenvalue weighted by Crippen LogP contribution is 2.41. The van der Waals surface area contributed by atoms with Crippen molar-refractivity contribution in [2.75, 3.05) is 16.8 Å². The molecule has 0 bridgehead atoms. The number of hydrogen-bond donors (Lipinski definition) is 2. The molecule has 2 aromatic carbocycles. The van der Waals surface area contributed by atoms with Crippen molar-refractivity contribution in [3.05, 3.63) is 66.0 Å². The van der Waals surface area contributed by atoms with Gasteiger partial charge in [-0.25, -0.2) is 0 Å². The zero-order chi connectivity index (χ0) is 22.9. The van der Waals surface area contributed by atoms with E-state index in [0.29, 0.717) is 12.6 Å². The van der Waals surface area contributed by atoms with Crippen LogP contribution in [-0.4, -0.2) is 28.3 Å². The summed E-state index contributed by atoms with van der Waals surface area (Å²) in [7, 11) is 0. The topological polar surface area (TPSA) is 76.2 Å². The van der Waals surface area contributed by atoms with E-state index in [4.69, 9.17) is 5.73 Å². The fourth-order valence-electron chi connectivity index (χ4n) is 4.69. The summed E-state index contributed by atoms with van der Waals surface area (Å²) in [6.45, 7) is 4.10. The number of nitrogens with zero attached hydrogens (tertiary/aromatic N) is 3. The molecule has 1 saturated carbocycles. The Morgan fingerprint density at radius 2 is 1.97 bits per heavy atom. The molecule has 2 atom stereocenters. The first-order valence-corrected chi connectivity index (χ1v) is 11.6. The van der Waals surface area contributed by atoms with E-state index in [1.54, 1.807) is 6.92 Å². The summed E-state index contributed by atoms with van der Waals surface area (Å²) >= 11 is 0. The third-order valence-corrected chi connectivity index (χ3v) is 6.44. The van der Waals surface area contributed by atoms with Gasteiger partial charge in [0.1, 0.15) is 0 Å². The number of benzene rings is 2. The first-order valence-electron chi connectivity index (χ1n) is 11.6. The third kappa shape index (κ3) is 4.37. The fraction of sp³-hybridized carbons (Fsp3) is 0.333. The van der Waals surface area contributed by atoms with Crippen molar-refractivity contribution in [2.24, 2.45) is 5.73 Å². The molecule has 6 nitrogen and oxygen atoms in total. The van der Waals surface area contributed by atoms with Crippen LogP contribution in [0.3, 0.4) is 0 Å². The zero-order valence-corrected chi connectivity index (χ0v) is 19.1. The number of nitrogens with one attached hydrogen (secondary N) is 1. The van der Waals surface area contributed by atoms with E-state index >= 15 is 0 Å². The van der Waals surface area contributed by atoms with Crippen LogP contribution in [0, 0.1) is 11.8 Å². The molecule has 0 radical (unpaired) electrons. The molecule has 0 saturated heterocycles. The Kier molecular flexibility index (Phi) is 5.65. The van der Waals surface area contributed by atoms with E-state index in [1.807, 2.05) is 35.4 Å². The SMILES string of the molecule is CC(=O)N1c2ccc(-c3cnn(C4CC4)c3)cc2[C@H](Nc2ccc(C#CCN)cc2)C[C@@H]1C. The Labute approximate surface area is 194 Å². The molecule has 2 aliphatic rings. The molecule has 1 aliphatic carbocycles. The number of aromatic nitrogens is 2. The molecule has 0 spiro atoms. The van der Waals surface area contributed by atoms with Gasteiger partial charge in [-0.2, -0.15) is 5.10 Å². The molecule has 1 aliphatic heterocycles. The minimum absolute atomic E-state index is 0.0688. The third-order valence-electron chi connectivity index (χ3n) is 6.44. The van der Waals surface area contributed by atoms with Gasteiger partial charge in [0.15, 0.2) is 0 Å². The lowest BCUT2D eigenvalue weighted by molar-refractivity contribution is -0.117. The first kappa shape index (κ1) is 21.3. The van der Waals surface area contributed by atoms with Crippen LogP contribution in [0.25, 0.3) is 11.1 Å². The minimum Gasteiger partial charge on any atom is -0.378 e. The molecule has 0 unspecified atom stereocenters. The van der Waals surface area contributed by atoms with Crippen molar-refractivity contribution in [2.45, 2.75) is 51.2 Å². The van der Waals surface area contributed by atoms with Crippen molar-refractivity contribution in [1.82, 2.24) is 9.78 Å². The maximum Gasteiger partial charge on any atom is 0.224 e. The van der Waals surface area contributed by atoms with Gasteiger partial charge in [-0.1, -0.05) is 17.9 Å². The molecular formula is C27H29N5O. The van der Waals surface area contributed by atoms with Crippen LogP contribution in [0.4, 0.5) is 11.4 Å². The van der Waals surface area contributed by atoms with Crippen molar-refractivity contribution in [3.63, 3.8) is 0 Å². The minimum atomic E-state index is 0.0688. The lowest BCUT2D eigenvalue weighted by Gasteiger charge is -2.39. The Morgan fingerprint density at radius 1 is 1.18 bits per heavy atom. The summed E-state index contributed by atoms with van der Waals surface area (Å²) in [5.41, 5.74) is 11.8. The highest BCUT2D eigenvalue weighted by molar-refractivity contribution is 5.94.